The number of fused-ring (bicyclic) bond motifs is 1. The van der Waals surface area contributed by atoms with Crippen LogP contribution < -0.4 is 5.32 Å². The summed E-state index contributed by atoms with van der Waals surface area (Å²) in [6.45, 7) is 4.23. The van der Waals surface area contributed by atoms with Gasteiger partial charge in [0.2, 0.25) is 0 Å². The largest absolute Gasteiger partial charge is 0.304 e. The van der Waals surface area contributed by atoms with Crippen LogP contribution in [-0.4, -0.2) is 6.54 Å². The molecule has 1 N–H and O–H groups in total. The summed E-state index contributed by atoms with van der Waals surface area (Å²) < 4.78 is 0. The predicted octanol–water partition coefficient (Wildman–Crippen LogP) is 1.61. The van der Waals surface area contributed by atoms with E-state index in [0.717, 1.165) is 6.54 Å². The first kappa shape index (κ1) is 6.86. The molecule has 1 heterocycles. The number of hydrogen-bond donors (Lipinski definition) is 1. The number of nitrogens with one attached hydrogen (secondary N) is 1. The molecule has 1 heteroatoms. The highest BCUT2D eigenvalue weighted by atomic mass is 14.8. The van der Waals surface area contributed by atoms with Crippen LogP contribution in [0.25, 0.3) is 0 Å². The van der Waals surface area contributed by atoms with E-state index in [1.165, 1.54) is 24.0 Å². The highest BCUT2D eigenvalue weighted by Gasteiger charge is 2.05. The molecule has 0 atom stereocenters. The summed E-state index contributed by atoms with van der Waals surface area (Å²) in [7, 11) is 0. The van der Waals surface area contributed by atoms with Gasteiger partial charge in [-0.05, 0) is 30.5 Å². The van der Waals surface area contributed by atoms with Crippen molar-refractivity contribution in [1.82, 2.24) is 5.32 Å². The van der Waals surface area contributed by atoms with Gasteiger partial charge in [0.1, 0.15) is 0 Å². The van der Waals surface area contributed by atoms with E-state index in [-0.39, 0.29) is 0 Å². The summed E-state index contributed by atoms with van der Waals surface area (Å²) in [5.74, 6) is 0. The monoisotopic (exact) mass is 145 g/mol. The molecule has 1 aromatic rings. The van der Waals surface area contributed by atoms with Crippen LogP contribution in [0.2, 0.25) is 0 Å². The third-order valence-electron chi connectivity index (χ3n) is 1.99. The van der Waals surface area contributed by atoms with Gasteiger partial charge < -0.3 is 5.32 Å². The average Bonchev–Trinajstić information content (AvgIpc) is 2.28. The maximum Gasteiger partial charge on any atom is 0.0936 e. The topological polar surface area (TPSA) is 12.0 Å². The smallest absolute Gasteiger partial charge is 0.0936 e. The molecule has 0 aromatic heterocycles. The van der Waals surface area contributed by atoms with E-state index in [1.807, 2.05) is 0 Å². The number of hydrogen-bond acceptors (Lipinski definition) is 1. The molecule has 2 rings (SSSR count). The Kier molecular flexibility index (Phi) is 1.91. The maximum atomic E-state index is 3.18. The van der Waals surface area contributed by atoms with Gasteiger partial charge in [0.15, 0.2) is 0 Å². The van der Waals surface area contributed by atoms with Crippen molar-refractivity contribution < 1.29 is 0 Å². The summed E-state index contributed by atoms with van der Waals surface area (Å²) in [6.07, 6.45) is 2.39. The van der Waals surface area contributed by atoms with Crippen LogP contribution >= 0.6 is 0 Å². The van der Waals surface area contributed by atoms with Crippen molar-refractivity contribution in [2.75, 3.05) is 6.54 Å². The van der Waals surface area contributed by atoms with Crippen molar-refractivity contribution in [2.45, 2.75) is 12.8 Å². The first-order chi connectivity index (χ1) is 5.47. The molecule has 1 aliphatic rings. The molecular formula is C10H11N. The Hall–Kier alpha value is -0.820. The van der Waals surface area contributed by atoms with Crippen LogP contribution in [0.15, 0.2) is 24.3 Å². The van der Waals surface area contributed by atoms with Gasteiger partial charge in [-0.2, -0.15) is 0 Å². The lowest BCUT2D eigenvalue weighted by Gasteiger charge is -2.01. The first-order valence-corrected chi connectivity index (χ1v) is 4.03. The van der Waals surface area contributed by atoms with Gasteiger partial charge in [-0.3, -0.25) is 0 Å². The molecule has 1 aliphatic heterocycles. The quantitative estimate of drug-likeness (QED) is 0.584. The summed E-state index contributed by atoms with van der Waals surface area (Å²) in [4.78, 5) is 0. The molecule has 0 unspecified atom stereocenters. The minimum atomic E-state index is 1.05. The lowest BCUT2D eigenvalue weighted by Crippen LogP contribution is -2.09. The lowest BCUT2D eigenvalue weighted by molar-refractivity contribution is 0.754. The van der Waals surface area contributed by atoms with Crippen LogP contribution in [0.4, 0.5) is 0 Å². The van der Waals surface area contributed by atoms with Gasteiger partial charge in [-0.1, -0.05) is 24.3 Å². The van der Waals surface area contributed by atoms with Crippen LogP contribution in [0, 0.1) is 6.54 Å². The number of rotatable bonds is 0. The third kappa shape index (κ3) is 1.43. The van der Waals surface area contributed by atoms with Crippen LogP contribution in [0.3, 0.4) is 0 Å². The number of aryl methyl sites for hydroxylation is 1. The fraction of sp³-hybridized carbons (Fsp3) is 0.300. The molecule has 0 aliphatic carbocycles. The van der Waals surface area contributed by atoms with E-state index in [0.29, 0.717) is 0 Å². The zero-order chi connectivity index (χ0) is 7.52. The molecule has 0 saturated heterocycles. The van der Waals surface area contributed by atoms with Gasteiger partial charge >= 0.3 is 0 Å². The van der Waals surface area contributed by atoms with Gasteiger partial charge in [-0.25, -0.2) is 0 Å². The minimum Gasteiger partial charge on any atom is -0.304 e. The zero-order valence-corrected chi connectivity index (χ0v) is 6.43. The van der Waals surface area contributed by atoms with Crippen molar-refractivity contribution >= 4 is 0 Å². The van der Waals surface area contributed by atoms with E-state index in [1.54, 1.807) is 0 Å². The van der Waals surface area contributed by atoms with Crippen LogP contribution in [0.1, 0.15) is 17.5 Å². The molecule has 0 saturated carbocycles. The van der Waals surface area contributed by atoms with E-state index < -0.39 is 0 Å². The van der Waals surface area contributed by atoms with Gasteiger partial charge in [0.05, 0.1) is 6.54 Å². The molecule has 0 spiro atoms. The summed E-state index contributed by atoms with van der Waals surface area (Å²) >= 11 is 0. The summed E-state index contributed by atoms with van der Waals surface area (Å²) in [6, 6.07) is 8.42. The zero-order valence-electron chi connectivity index (χ0n) is 6.43. The molecule has 11 heavy (non-hydrogen) atoms. The average molecular weight is 145 g/mol. The van der Waals surface area contributed by atoms with Crippen molar-refractivity contribution in [3.05, 3.63) is 41.9 Å². The Bertz CT molecular complexity index is 217. The molecular weight excluding hydrogens is 134 g/mol. The van der Waals surface area contributed by atoms with Gasteiger partial charge in [-0.15, -0.1) is 0 Å². The normalized spacial score (nSPS) is 17.1. The molecule has 1 nitrogen and oxygen atoms in total. The molecule has 56 valence electrons. The molecule has 0 bridgehead atoms. The van der Waals surface area contributed by atoms with Gasteiger partial charge in [0, 0.05) is 0 Å². The second-order valence-electron chi connectivity index (χ2n) is 2.81. The van der Waals surface area contributed by atoms with E-state index in [9.17, 15) is 0 Å². The Morgan fingerprint density at radius 3 is 3.18 bits per heavy atom. The summed E-state index contributed by atoms with van der Waals surface area (Å²) in [5.41, 5.74) is 2.64. The highest BCUT2D eigenvalue weighted by Crippen LogP contribution is 2.13. The first-order valence-electron chi connectivity index (χ1n) is 4.03. The molecule has 0 amide bonds. The Morgan fingerprint density at radius 1 is 1.27 bits per heavy atom. The predicted molar refractivity (Wildman–Crippen MR) is 45.1 cm³/mol. The maximum absolute atomic E-state index is 3.18. The summed E-state index contributed by atoms with van der Waals surface area (Å²) in [5, 5.41) is 3.15. The second-order valence-corrected chi connectivity index (χ2v) is 2.81. The van der Waals surface area contributed by atoms with Crippen LogP contribution in [-0.2, 0) is 6.42 Å². The van der Waals surface area contributed by atoms with Crippen molar-refractivity contribution in [3.8, 4) is 0 Å². The Labute approximate surface area is 67.4 Å². The second kappa shape index (κ2) is 3.05. The number of benzene rings is 1. The van der Waals surface area contributed by atoms with E-state index in [2.05, 4.69) is 36.1 Å². The Balaban J connectivity index is 2.33. The standard InChI is InChI=1S/C10H11N/c1-2-5-10-8-11-7-3-6-9(10)4-1/h1-2,4-5,11H,3,6-7H2. The van der Waals surface area contributed by atoms with Gasteiger partial charge in [0.25, 0.3) is 0 Å². The molecule has 0 fully saturated rings. The van der Waals surface area contributed by atoms with Crippen LogP contribution in [0.5, 0.6) is 0 Å². The SMILES string of the molecule is [C]1NCCCc2ccccc21. The Morgan fingerprint density at radius 2 is 2.18 bits per heavy atom. The molecule has 2 radical (unpaired) electrons. The van der Waals surface area contributed by atoms with Crippen molar-refractivity contribution in [3.63, 3.8) is 0 Å². The van der Waals surface area contributed by atoms with Crippen molar-refractivity contribution in [2.24, 2.45) is 0 Å². The molecule has 1 aromatic carbocycles. The third-order valence-corrected chi connectivity index (χ3v) is 1.99. The lowest BCUT2D eigenvalue weighted by atomic mass is 10.0. The van der Waals surface area contributed by atoms with E-state index >= 15 is 0 Å². The van der Waals surface area contributed by atoms with E-state index in [4.69, 9.17) is 0 Å². The highest BCUT2D eigenvalue weighted by molar-refractivity contribution is 5.33. The fourth-order valence-electron chi connectivity index (χ4n) is 1.39. The fourth-order valence-corrected chi connectivity index (χ4v) is 1.39. The van der Waals surface area contributed by atoms with Crippen molar-refractivity contribution in [1.29, 1.82) is 0 Å². The minimum absolute atomic E-state index is 1.05.